The van der Waals surface area contributed by atoms with E-state index in [9.17, 15) is 0 Å². The Labute approximate surface area is 76.9 Å². The minimum absolute atomic E-state index is 0. The Balaban J connectivity index is -0.00000000500. The van der Waals surface area contributed by atoms with Gasteiger partial charge in [-0.15, -0.1) is 0 Å². The SMILES string of the molecule is OO.[KH].[Ni]. The molecule has 0 radical (unpaired) electrons. The number of hydrogen-bond acceptors (Lipinski definition) is 2. The third-order valence-electron chi connectivity index (χ3n) is 0. The van der Waals surface area contributed by atoms with Crippen molar-refractivity contribution in [3.63, 3.8) is 0 Å². The van der Waals surface area contributed by atoms with Crippen LogP contribution in [0.4, 0.5) is 0 Å². The maximum absolute atomic E-state index is 6.00. The van der Waals surface area contributed by atoms with Crippen molar-refractivity contribution in [2.75, 3.05) is 0 Å². The Hall–Kier alpha value is 2.05. The predicted octanol–water partition coefficient (Wildman–Crippen LogP) is -0.634. The summed E-state index contributed by atoms with van der Waals surface area (Å²) in [6, 6.07) is 0. The van der Waals surface area contributed by atoms with Crippen LogP contribution in [-0.4, -0.2) is 61.9 Å². The molecule has 0 spiro atoms. The van der Waals surface area contributed by atoms with Crippen LogP contribution in [0.1, 0.15) is 0 Å². The van der Waals surface area contributed by atoms with E-state index in [2.05, 4.69) is 0 Å². The average Bonchev–Trinajstić information content (AvgIpc) is 1.00. The molecule has 0 aliphatic carbocycles. The van der Waals surface area contributed by atoms with Crippen LogP contribution in [0.5, 0.6) is 0 Å². The Kier molecular flexibility index (Phi) is 81.7. The summed E-state index contributed by atoms with van der Waals surface area (Å²) >= 11 is 0. The van der Waals surface area contributed by atoms with Gasteiger partial charge < -0.3 is 0 Å². The van der Waals surface area contributed by atoms with Crippen LogP contribution in [0, 0.1) is 0 Å². The molecule has 2 N–H and O–H groups in total. The molecule has 0 amide bonds. The quantitative estimate of drug-likeness (QED) is 0.262. The van der Waals surface area contributed by atoms with Crippen molar-refractivity contribution < 1.29 is 27.0 Å². The maximum Gasteiger partial charge on any atom is 0 e. The molecule has 0 fully saturated rings. The molecule has 0 saturated carbocycles. The van der Waals surface area contributed by atoms with Crippen LogP contribution in [0.25, 0.3) is 0 Å². The summed E-state index contributed by atoms with van der Waals surface area (Å²) < 4.78 is 0. The zero-order valence-corrected chi connectivity index (χ0v) is 2.20. The monoisotopic (exact) mass is 132 g/mol. The number of rotatable bonds is 0. The third kappa shape index (κ3) is 8.97. The molecule has 0 heterocycles. The van der Waals surface area contributed by atoms with Crippen molar-refractivity contribution in [1.29, 1.82) is 0 Å². The molecule has 0 bridgehead atoms. The molecular formula is H3KNiO2. The molecule has 0 saturated heterocycles. The molecule has 4 heavy (non-hydrogen) atoms. The predicted molar refractivity (Wildman–Crippen MR) is 12.4 cm³/mol. The van der Waals surface area contributed by atoms with Gasteiger partial charge in [-0.25, -0.2) is 0 Å². The van der Waals surface area contributed by atoms with Crippen LogP contribution < -0.4 is 0 Å². The van der Waals surface area contributed by atoms with Crippen molar-refractivity contribution >= 4 is 51.4 Å². The second-order valence-corrected chi connectivity index (χ2v) is 0. The fraction of sp³-hybridized carbons (Fsp3) is 0. The molecule has 0 aliphatic rings. The first kappa shape index (κ1) is 16.6. The first-order valence-electron chi connectivity index (χ1n) is 0.200. The minimum atomic E-state index is 0. The number of hydrogen-bond donors (Lipinski definition) is 2. The van der Waals surface area contributed by atoms with E-state index < -0.39 is 0 Å². The van der Waals surface area contributed by atoms with Gasteiger partial charge in [0.1, 0.15) is 0 Å². The zero-order valence-electron chi connectivity index (χ0n) is 1.21. The van der Waals surface area contributed by atoms with E-state index in [0.29, 0.717) is 0 Å². The fourth-order valence-corrected chi connectivity index (χ4v) is 0. The fourth-order valence-electron chi connectivity index (χ4n) is 0. The van der Waals surface area contributed by atoms with E-state index >= 15 is 0 Å². The molecule has 2 nitrogen and oxygen atoms in total. The molecule has 0 unspecified atom stereocenters. The molecule has 4 heteroatoms. The third-order valence-corrected chi connectivity index (χ3v) is 0. The van der Waals surface area contributed by atoms with Gasteiger partial charge in [-0.05, 0) is 0 Å². The van der Waals surface area contributed by atoms with Gasteiger partial charge in [0.25, 0.3) is 0 Å². The van der Waals surface area contributed by atoms with Gasteiger partial charge in [0.05, 0.1) is 0 Å². The van der Waals surface area contributed by atoms with E-state index in [1.807, 2.05) is 0 Å². The second-order valence-electron chi connectivity index (χ2n) is 0. The summed E-state index contributed by atoms with van der Waals surface area (Å²) in [6.45, 7) is 0. The normalized spacial score (nSPS) is 1.50. The molecule has 0 aliphatic heterocycles. The first-order chi connectivity index (χ1) is 1.00. The van der Waals surface area contributed by atoms with Crippen molar-refractivity contribution in [2.45, 2.75) is 0 Å². The minimum Gasteiger partial charge on any atom is 0 e. The van der Waals surface area contributed by atoms with Crippen LogP contribution in [-0.2, 0) is 16.5 Å². The molecule has 0 aromatic rings. The summed E-state index contributed by atoms with van der Waals surface area (Å²) in [6.07, 6.45) is 0. The standard InChI is InChI=1S/K.Ni.H2O2.H/c;;1-2;/h;;1-2H;. The van der Waals surface area contributed by atoms with Gasteiger partial charge in [0.2, 0.25) is 0 Å². The van der Waals surface area contributed by atoms with Gasteiger partial charge in [-0.2, -0.15) is 0 Å². The van der Waals surface area contributed by atoms with Crippen LogP contribution in [0.2, 0.25) is 0 Å². The van der Waals surface area contributed by atoms with Gasteiger partial charge in [0, 0.05) is 16.5 Å². The van der Waals surface area contributed by atoms with Gasteiger partial charge in [-0.3, -0.25) is 10.5 Å². The zero-order chi connectivity index (χ0) is 2.00. The Morgan fingerprint density at radius 3 is 1.00 bits per heavy atom. The van der Waals surface area contributed by atoms with Crippen LogP contribution in [0.15, 0.2) is 0 Å². The summed E-state index contributed by atoms with van der Waals surface area (Å²) in [4.78, 5) is 0. The average molecular weight is 133 g/mol. The first-order valence-corrected chi connectivity index (χ1v) is 0.200. The second kappa shape index (κ2) is 19.7. The molecule has 0 aromatic heterocycles. The smallest absolute Gasteiger partial charge is 0 e. The summed E-state index contributed by atoms with van der Waals surface area (Å²) in [5, 5.41) is 12.0. The summed E-state index contributed by atoms with van der Waals surface area (Å²) in [7, 11) is 0. The van der Waals surface area contributed by atoms with E-state index in [-0.39, 0.29) is 67.9 Å². The largest absolute Gasteiger partial charge is 0 e. The summed E-state index contributed by atoms with van der Waals surface area (Å²) in [5.74, 6) is 0. The van der Waals surface area contributed by atoms with Crippen molar-refractivity contribution in [1.82, 2.24) is 0 Å². The Bertz CT molecular complexity index is 6.00. The molecule has 0 atom stereocenters. The van der Waals surface area contributed by atoms with Crippen molar-refractivity contribution in [3.8, 4) is 0 Å². The maximum atomic E-state index is 6.00. The van der Waals surface area contributed by atoms with E-state index in [0.717, 1.165) is 0 Å². The molecule has 0 aromatic carbocycles. The summed E-state index contributed by atoms with van der Waals surface area (Å²) in [5.41, 5.74) is 0. The van der Waals surface area contributed by atoms with Gasteiger partial charge in [0.15, 0.2) is 0 Å². The molecular weight excluding hydrogens is 130 g/mol. The van der Waals surface area contributed by atoms with Crippen molar-refractivity contribution in [3.05, 3.63) is 0 Å². The van der Waals surface area contributed by atoms with Gasteiger partial charge >= 0.3 is 51.4 Å². The van der Waals surface area contributed by atoms with E-state index in [4.69, 9.17) is 10.5 Å². The Morgan fingerprint density at radius 2 is 1.00 bits per heavy atom. The van der Waals surface area contributed by atoms with E-state index in [1.54, 1.807) is 0 Å². The van der Waals surface area contributed by atoms with E-state index in [1.165, 1.54) is 0 Å². The molecule has 26 valence electrons. The molecule has 0 rings (SSSR count). The van der Waals surface area contributed by atoms with Crippen molar-refractivity contribution in [2.24, 2.45) is 0 Å². The Morgan fingerprint density at radius 1 is 1.00 bits per heavy atom. The van der Waals surface area contributed by atoms with Gasteiger partial charge in [-0.1, -0.05) is 0 Å². The topological polar surface area (TPSA) is 40.5 Å². The van der Waals surface area contributed by atoms with Crippen LogP contribution >= 0.6 is 0 Å². The van der Waals surface area contributed by atoms with Crippen LogP contribution in [0.3, 0.4) is 0 Å².